The maximum atomic E-state index is 12.3. The molecule has 0 spiro atoms. The van der Waals surface area contributed by atoms with E-state index in [2.05, 4.69) is 23.5 Å². The number of aliphatic hydroxyl groups is 2. The summed E-state index contributed by atoms with van der Waals surface area (Å²) in [7, 11) is -4.07. The molecule has 0 saturated heterocycles. The Morgan fingerprint density at radius 1 is 1.28 bits per heavy atom. The number of sulfonamides is 1. The molecule has 1 atom stereocenters. The molecule has 8 heteroatoms. The van der Waals surface area contributed by atoms with Gasteiger partial charge in [0.25, 0.3) is 10.0 Å². The van der Waals surface area contributed by atoms with Crippen molar-refractivity contribution in [3.8, 4) is 6.07 Å². The predicted octanol–water partition coefficient (Wildman–Crippen LogP) is 1.06. The van der Waals surface area contributed by atoms with E-state index in [1.54, 1.807) is 25.1 Å². The molecule has 0 fully saturated rings. The largest absolute Gasteiger partial charge is 0.394 e. The minimum Gasteiger partial charge on any atom is -0.394 e. The molecule has 3 N–H and O–H groups in total. The lowest BCUT2D eigenvalue weighted by atomic mass is 10.1. The average molecular weight is 367 g/mol. The molecule has 0 aromatic heterocycles. The second-order valence-electron chi connectivity index (χ2n) is 5.47. The first-order valence-electron chi connectivity index (χ1n) is 8.05. The quantitative estimate of drug-likeness (QED) is 0.563. The van der Waals surface area contributed by atoms with Crippen LogP contribution in [0.5, 0.6) is 0 Å². The minimum atomic E-state index is -4.07. The van der Waals surface area contributed by atoms with E-state index in [-0.39, 0.29) is 6.54 Å². The number of aliphatic hydroxyl groups excluding tert-OH is 2. The van der Waals surface area contributed by atoms with Crippen molar-refractivity contribution in [3.05, 3.63) is 34.7 Å². The van der Waals surface area contributed by atoms with E-state index in [1.165, 1.54) is 0 Å². The van der Waals surface area contributed by atoms with E-state index in [0.717, 1.165) is 18.8 Å². The Bertz CT molecular complexity index is 732. The molecule has 1 aromatic carbocycles. The normalized spacial score (nSPS) is 13.8. The Labute approximate surface area is 149 Å². The summed E-state index contributed by atoms with van der Waals surface area (Å²) in [5, 5.41) is 27.3. The number of nitriles is 1. The topological polar surface area (TPSA) is 114 Å². The van der Waals surface area contributed by atoms with Gasteiger partial charge in [0.15, 0.2) is 4.91 Å². The van der Waals surface area contributed by atoms with Crippen LogP contribution in [0, 0.1) is 11.3 Å². The van der Waals surface area contributed by atoms with Gasteiger partial charge in [-0.3, -0.25) is 0 Å². The summed E-state index contributed by atoms with van der Waals surface area (Å²) in [6.45, 7) is 6.45. The summed E-state index contributed by atoms with van der Waals surface area (Å²) >= 11 is 0. The molecule has 0 saturated carbocycles. The SMILES string of the molecule is CCN(CC)c1ccc(/C(C)=C(\C#N)S(=O)(=O)NCC(O)CO)cc1. The zero-order chi connectivity index (χ0) is 19.0. The van der Waals surface area contributed by atoms with Gasteiger partial charge in [0.2, 0.25) is 0 Å². The standard InChI is InChI=1S/C17H25N3O4S/c1-4-20(5-2)15-8-6-14(7-9-15)13(3)17(10-18)25(23,24)19-11-16(22)12-21/h6-9,16,19,21-22H,4-5,11-12H2,1-3H3/b17-13+. The van der Waals surface area contributed by atoms with Gasteiger partial charge in [-0.2, -0.15) is 5.26 Å². The lowest BCUT2D eigenvalue weighted by Crippen LogP contribution is -2.34. The fraction of sp³-hybridized carbons (Fsp3) is 0.471. The van der Waals surface area contributed by atoms with Gasteiger partial charge in [0, 0.05) is 25.3 Å². The Hall–Kier alpha value is -1.92. The first kappa shape index (κ1) is 21.1. The molecule has 0 aliphatic rings. The molecule has 25 heavy (non-hydrogen) atoms. The third kappa shape index (κ3) is 5.54. The van der Waals surface area contributed by atoms with E-state index in [1.807, 2.05) is 12.1 Å². The minimum absolute atomic E-state index is 0.319. The van der Waals surface area contributed by atoms with Crippen LogP contribution in [0.1, 0.15) is 26.3 Å². The summed E-state index contributed by atoms with van der Waals surface area (Å²) in [4.78, 5) is 1.75. The summed E-state index contributed by atoms with van der Waals surface area (Å²) in [6, 6.07) is 9.04. The number of hydrogen-bond donors (Lipinski definition) is 3. The van der Waals surface area contributed by atoms with Crippen molar-refractivity contribution in [2.75, 3.05) is 31.1 Å². The molecular weight excluding hydrogens is 342 g/mol. The van der Waals surface area contributed by atoms with Crippen molar-refractivity contribution in [2.24, 2.45) is 0 Å². The lowest BCUT2D eigenvalue weighted by Gasteiger charge is -2.21. The van der Waals surface area contributed by atoms with Crippen molar-refractivity contribution in [1.82, 2.24) is 4.72 Å². The van der Waals surface area contributed by atoms with Crippen LogP contribution < -0.4 is 9.62 Å². The summed E-state index contributed by atoms with van der Waals surface area (Å²) < 4.78 is 26.7. The number of allylic oxidation sites excluding steroid dienone is 2. The molecule has 1 aromatic rings. The van der Waals surface area contributed by atoms with Gasteiger partial charge in [0.05, 0.1) is 12.7 Å². The van der Waals surface area contributed by atoms with Gasteiger partial charge < -0.3 is 15.1 Å². The predicted molar refractivity (Wildman–Crippen MR) is 98.2 cm³/mol. The molecular formula is C17H25N3O4S. The second-order valence-corrected chi connectivity index (χ2v) is 7.18. The third-order valence-corrected chi connectivity index (χ3v) is 5.34. The van der Waals surface area contributed by atoms with Gasteiger partial charge in [0.1, 0.15) is 6.07 Å². The number of nitrogens with zero attached hydrogens (tertiary/aromatic N) is 2. The van der Waals surface area contributed by atoms with Gasteiger partial charge >= 0.3 is 0 Å². The Balaban J connectivity index is 3.14. The summed E-state index contributed by atoms with van der Waals surface area (Å²) in [5.41, 5.74) is 1.97. The Morgan fingerprint density at radius 3 is 2.28 bits per heavy atom. The van der Waals surface area contributed by atoms with Crippen LogP contribution in [0.4, 0.5) is 5.69 Å². The van der Waals surface area contributed by atoms with E-state index in [4.69, 9.17) is 5.11 Å². The van der Waals surface area contributed by atoms with Crippen LogP contribution in [0.2, 0.25) is 0 Å². The highest BCUT2D eigenvalue weighted by molar-refractivity contribution is 7.93. The third-order valence-electron chi connectivity index (χ3n) is 3.86. The van der Waals surface area contributed by atoms with Crippen molar-refractivity contribution < 1.29 is 18.6 Å². The number of benzene rings is 1. The molecule has 0 aliphatic carbocycles. The van der Waals surface area contributed by atoms with Gasteiger partial charge in [-0.1, -0.05) is 12.1 Å². The van der Waals surface area contributed by atoms with Gasteiger partial charge in [-0.05, 0) is 44.0 Å². The average Bonchev–Trinajstić information content (AvgIpc) is 2.61. The maximum Gasteiger partial charge on any atom is 0.251 e. The van der Waals surface area contributed by atoms with E-state index < -0.39 is 27.6 Å². The van der Waals surface area contributed by atoms with Crippen LogP contribution >= 0.6 is 0 Å². The number of anilines is 1. The van der Waals surface area contributed by atoms with Gasteiger partial charge in [-0.25, -0.2) is 13.1 Å². The van der Waals surface area contributed by atoms with Crippen molar-refractivity contribution in [3.63, 3.8) is 0 Å². The molecule has 0 amide bonds. The van der Waals surface area contributed by atoms with Crippen LogP contribution in [0.15, 0.2) is 29.2 Å². The van der Waals surface area contributed by atoms with Gasteiger partial charge in [-0.15, -0.1) is 0 Å². The molecule has 0 aliphatic heterocycles. The first-order chi connectivity index (χ1) is 11.8. The second kappa shape index (κ2) is 9.53. The highest BCUT2D eigenvalue weighted by Gasteiger charge is 2.22. The molecule has 1 rings (SSSR count). The summed E-state index contributed by atoms with van der Waals surface area (Å²) in [6.07, 6.45) is -1.22. The molecule has 1 unspecified atom stereocenters. The molecule has 0 radical (unpaired) electrons. The zero-order valence-electron chi connectivity index (χ0n) is 14.7. The smallest absolute Gasteiger partial charge is 0.251 e. The molecule has 0 bridgehead atoms. The summed E-state index contributed by atoms with van der Waals surface area (Å²) in [5.74, 6) is 0. The maximum absolute atomic E-state index is 12.3. The first-order valence-corrected chi connectivity index (χ1v) is 9.53. The highest BCUT2D eigenvalue weighted by atomic mass is 32.2. The monoisotopic (exact) mass is 367 g/mol. The fourth-order valence-electron chi connectivity index (χ4n) is 2.33. The van der Waals surface area contributed by atoms with Crippen LogP contribution in [0.3, 0.4) is 0 Å². The highest BCUT2D eigenvalue weighted by Crippen LogP contribution is 2.24. The van der Waals surface area contributed by atoms with Crippen LogP contribution in [-0.4, -0.2) is 51.0 Å². The van der Waals surface area contributed by atoms with Crippen molar-refractivity contribution in [1.29, 1.82) is 5.26 Å². The Morgan fingerprint density at radius 2 is 1.84 bits per heavy atom. The van der Waals surface area contributed by atoms with E-state index >= 15 is 0 Å². The molecule has 138 valence electrons. The van der Waals surface area contributed by atoms with Crippen LogP contribution in [-0.2, 0) is 10.0 Å². The van der Waals surface area contributed by atoms with Crippen molar-refractivity contribution >= 4 is 21.3 Å². The van der Waals surface area contributed by atoms with Crippen molar-refractivity contribution in [2.45, 2.75) is 26.9 Å². The molecule has 7 nitrogen and oxygen atoms in total. The van der Waals surface area contributed by atoms with Crippen LogP contribution in [0.25, 0.3) is 5.57 Å². The lowest BCUT2D eigenvalue weighted by molar-refractivity contribution is 0.0989. The number of rotatable bonds is 9. The molecule has 0 heterocycles. The Kier molecular flexibility index (Phi) is 8.06. The number of nitrogens with one attached hydrogen (secondary N) is 1. The van der Waals surface area contributed by atoms with E-state index in [0.29, 0.717) is 11.1 Å². The van der Waals surface area contributed by atoms with E-state index in [9.17, 15) is 18.8 Å². The zero-order valence-corrected chi connectivity index (χ0v) is 15.5. The number of hydrogen-bond acceptors (Lipinski definition) is 6. The fourth-order valence-corrected chi connectivity index (χ4v) is 3.53.